The summed E-state index contributed by atoms with van der Waals surface area (Å²) in [5.74, 6) is 3.05. The summed E-state index contributed by atoms with van der Waals surface area (Å²) in [6, 6.07) is 0.670. The molecule has 4 rings (SSSR count). The summed E-state index contributed by atoms with van der Waals surface area (Å²) in [6.07, 6.45) is 7.65. The summed E-state index contributed by atoms with van der Waals surface area (Å²) >= 11 is 0. The van der Waals surface area contributed by atoms with Crippen LogP contribution in [-0.2, 0) is 6.54 Å². The van der Waals surface area contributed by atoms with E-state index in [1.807, 2.05) is 0 Å². The van der Waals surface area contributed by atoms with Crippen molar-refractivity contribution in [3.05, 3.63) is 11.6 Å². The minimum atomic E-state index is -0.107. The Labute approximate surface area is 176 Å². The van der Waals surface area contributed by atoms with Crippen LogP contribution in [0.4, 0.5) is 0 Å². The van der Waals surface area contributed by atoms with Gasteiger partial charge in [0.1, 0.15) is 11.6 Å². The van der Waals surface area contributed by atoms with Crippen molar-refractivity contribution in [1.29, 1.82) is 0 Å². The molecule has 2 N–H and O–H groups in total. The summed E-state index contributed by atoms with van der Waals surface area (Å²) < 4.78 is 2.52. The van der Waals surface area contributed by atoms with Crippen LogP contribution in [0.15, 0.2) is 0 Å². The standard InChI is InChI=1S/C19H34N6.2ClH/c1-19(2,20)14-24-11-7-15(8-12-24)18-22-21-17(25(18)16-5-6-16)13-23-9-3-4-10-23;;/h15-16H,3-14,20H2,1-2H3;2*1H. The molecule has 27 heavy (non-hydrogen) atoms. The number of hydrogen-bond donors (Lipinski definition) is 1. The monoisotopic (exact) mass is 418 g/mol. The summed E-state index contributed by atoms with van der Waals surface area (Å²) in [4.78, 5) is 5.05. The quantitative estimate of drug-likeness (QED) is 0.768. The molecule has 6 nitrogen and oxygen atoms in total. The van der Waals surface area contributed by atoms with Gasteiger partial charge in [0.05, 0.1) is 6.54 Å². The van der Waals surface area contributed by atoms with E-state index in [2.05, 4.69) is 38.4 Å². The summed E-state index contributed by atoms with van der Waals surface area (Å²) in [6.45, 7) is 10.9. The van der Waals surface area contributed by atoms with Gasteiger partial charge in [-0.15, -0.1) is 35.0 Å². The van der Waals surface area contributed by atoms with Crippen LogP contribution in [-0.4, -0.2) is 62.8 Å². The van der Waals surface area contributed by atoms with E-state index in [0.29, 0.717) is 12.0 Å². The molecule has 0 bridgehead atoms. The van der Waals surface area contributed by atoms with Crippen LogP contribution in [0.3, 0.4) is 0 Å². The first-order valence-corrected chi connectivity index (χ1v) is 10.2. The molecule has 0 unspecified atom stereocenters. The number of nitrogens with two attached hydrogens (primary N) is 1. The molecule has 0 atom stereocenters. The maximum absolute atomic E-state index is 6.19. The molecule has 0 radical (unpaired) electrons. The minimum absolute atomic E-state index is 0. The second-order valence-electron chi connectivity index (χ2n) is 9.10. The molecule has 3 heterocycles. The van der Waals surface area contributed by atoms with Gasteiger partial charge in [0.2, 0.25) is 0 Å². The third-order valence-corrected chi connectivity index (χ3v) is 5.85. The highest BCUT2D eigenvalue weighted by Gasteiger charge is 2.34. The molecule has 3 fully saturated rings. The fraction of sp³-hybridized carbons (Fsp3) is 0.895. The average molecular weight is 419 g/mol. The molecule has 1 aromatic rings. The molecule has 1 saturated carbocycles. The number of halogens is 2. The fourth-order valence-electron chi connectivity index (χ4n) is 4.52. The average Bonchev–Trinajstić information content (AvgIpc) is 3.10. The van der Waals surface area contributed by atoms with Gasteiger partial charge in [-0.3, -0.25) is 4.90 Å². The lowest BCUT2D eigenvalue weighted by atomic mass is 9.94. The summed E-state index contributed by atoms with van der Waals surface area (Å²) in [7, 11) is 0. The highest BCUT2D eigenvalue weighted by Crippen LogP contribution is 2.40. The van der Waals surface area contributed by atoms with Gasteiger partial charge in [0.15, 0.2) is 0 Å². The van der Waals surface area contributed by atoms with Gasteiger partial charge < -0.3 is 15.2 Å². The Balaban J connectivity index is 0.00000131. The molecule has 0 amide bonds. The molecule has 1 aliphatic carbocycles. The molecule has 0 spiro atoms. The topological polar surface area (TPSA) is 63.2 Å². The summed E-state index contributed by atoms with van der Waals surface area (Å²) in [5.41, 5.74) is 6.09. The van der Waals surface area contributed by atoms with Crippen molar-refractivity contribution >= 4 is 24.8 Å². The number of likely N-dealkylation sites (tertiary alicyclic amines) is 2. The van der Waals surface area contributed by atoms with E-state index in [0.717, 1.165) is 26.2 Å². The Morgan fingerprint density at radius 1 is 0.926 bits per heavy atom. The van der Waals surface area contributed by atoms with E-state index >= 15 is 0 Å². The molecule has 2 aliphatic heterocycles. The van der Waals surface area contributed by atoms with Gasteiger partial charge in [-0.25, -0.2) is 0 Å². The van der Waals surface area contributed by atoms with Gasteiger partial charge >= 0.3 is 0 Å². The van der Waals surface area contributed by atoms with E-state index in [1.165, 1.54) is 63.3 Å². The normalized spacial score (nSPS) is 22.5. The van der Waals surface area contributed by atoms with Crippen molar-refractivity contribution in [1.82, 2.24) is 24.6 Å². The van der Waals surface area contributed by atoms with Crippen LogP contribution in [0.2, 0.25) is 0 Å². The molecule has 8 heteroatoms. The number of piperidine rings is 1. The first-order chi connectivity index (χ1) is 12.0. The lowest BCUT2D eigenvalue weighted by Gasteiger charge is -2.35. The van der Waals surface area contributed by atoms with Crippen molar-refractivity contribution in [2.75, 3.05) is 32.7 Å². The van der Waals surface area contributed by atoms with Crippen LogP contribution in [0.1, 0.15) is 76.0 Å². The predicted octanol–water partition coefficient (Wildman–Crippen LogP) is 2.97. The third kappa shape index (κ3) is 5.80. The van der Waals surface area contributed by atoms with Crippen LogP contribution in [0, 0.1) is 0 Å². The van der Waals surface area contributed by atoms with Crippen molar-refractivity contribution in [3.63, 3.8) is 0 Å². The van der Waals surface area contributed by atoms with Crippen LogP contribution in [0.5, 0.6) is 0 Å². The Morgan fingerprint density at radius 3 is 2.11 bits per heavy atom. The number of rotatable bonds is 6. The lowest BCUT2D eigenvalue weighted by Crippen LogP contribution is -2.47. The van der Waals surface area contributed by atoms with E-state index in [9.17, 15) is 0 Å². The highest BCUT2D eigenvalue weighted by atomic mass is 35.5. The molecule has 156 valence electrons. The number of aromatic nitrogens is 3. The van der Waals surface area contributed by atoms with Gasteiger partial charge in [-0.2, -0.15) is 0 Å². The van der Waals surface area contributed by atoms with Gasteiger partial charge in [-0.05, 0) is 78.6 Å². The lowest BCUT2D eigenvalue weighted by molar-refractivity contribution is 0.176. The van der Waals surface area contributed by atoms with Gasteiger partial charge in [0, 0.05) is 24.0 Å². The second kappa shape index (κ2) is 9.40. The molecule has 3 aliphatic rings. The zero-order valence-corrected chi connectivity index (χ0v) is 18.4. The fourth-order valence-corrected chi connectivity index (χ4v) is 4.52. The van der Waals surface area contributed by atoms with Crippen molar-refractivity contribution < 1.29 is 0 Å². The molecule has 1 aromatic heterocycles. The highest BCUT2D eigenvalue weighted by molar-refractivity contribution is 5.85. The van der Waals surface area contributed by atoms with Crippen molar-refractivity contribution in [2.45, 2.75) is 76.4 Å². The smallest absolute Gasteiger partial charge is 0.147 e. The second-order valence-corrected chi connectivity index (χ2v) is 9.10. The molecular weight excluding hydrogens is 383 g/mol. The zero-order chi connectivity index (χ0) is 17.4. The number of hydrogen-bond acceptors (Lipinski definition) is 5. The predicted molar refractivity (Wildman–Crippen MR) is 114 cm³/mol. The zero-order valence-electron chi connectivity index (χ0n) is 16.8. The molecule has 0 aromatic carbocycles. The third-order valence-electron chi connectivity index (χ3n) is 5.85. The molecular formula is C19H36Cl2N6. The van der Waals surface area contributed by atoms with Crippen molar-refractivity contribution in [2.24, 2.45) is 5.73 Å². The molecule has 2 saturated heterocycles. The maximum atomic E-state index is 6.19. The van der Waals surface area contributed by atoms with Crippen LogP contribution < -0.4 is 5.73 Å². The summed E-state index contributed by atoms with van der Waals surface area (Å²) in [5, 5.41) is 9.32. The first-order valence-electron chi connectivity index (χ1n) is 10.2. The first kappa shape index (κ1) is 22.9. The van der Waals surface area contributed by atoms with Gasteiger partial charge in [-0.1, -0.05) is 0 Å². The SMILES string of the molecule is CC(C)(N)CN1CCC(c2nnc(CN3CCCC3)n2C2CC2)CC1.Cl.Cl. The maximum Gasteiger partial charge on any atom is 0.147 e. The van der Waals surface area contributed by atoms with Crippen LogP contribution in [0.25, 0.3) is 0 Å². The Bertz CT molecular complexity index is 582. The van der Waals surface area contributed by atoms with E-state index in [-0.39, 0.29) is 30.4 Å². The van der Waals surface area contributed by atoms with E-state index in [1.54, 1.807) is 0 Å². The van der Waals surface area contributed by atoms with Crippen molar-refractivity contribution in [3.8, 4) is 0 Å². The van der Waals surface area contributed by atoms with Gasteiger partial charge in [0.25, 0.3) is 0 Å². The minimum Gasteiger partial charge on any atom is -0.324 e. The van der Waals surface area contributed by atoms with Crippen LogP contribution >= 0.6 is 24.8 Å². The Morgan fingerprint density at radius 2 is 1.56 bits per heavy atom. The number of nitrogens with zero attached hydrogens (tertiary/aromatic N) is 5. The van der Waals surface area contributed by atoms with E-state index < -0.39 is 0 Å². The largest absolute Gasteiger partial charge is 0.324 e. The Hall–Kier alpha value is -0.400. The Kier molecular flexibility index (Phi) is 7.97. The van der Waals surface area contributed by atoms with E-state index in [4.69, 9.17) is 5.73 Å².